The summed E-state index contributed by atoms with van der Waals surface area (Å²) >= 11 is 0. The second-order valence-electron chi connectivity index (χ2n) is 12.5. The van der Waals surface area contributed by atoms with E-state index in [1.807, 2.05) is 12.1 Å². The maximum absolute atomic E-state index is 10.7. The van der Waals surface area contributed by atoms with E-state index < -0.39 is 15.6 Å². The Balaban J connectivity index is 0.000000467. The molecule has 0 fully saturated rings. The van der Waals surface area contributed by atoms with Gasteiger partial charge in [0.05, 0.1) is 18.8 Å². The SMILES string of the molecule is COc1ccc(-c2cc3ccccc3c3c(NC(C)(C)CC(C)(C)C)[n+]4cc(C)ccc4n23)cc1.O=S(=O)([O-])C(F)(F)F. The number of halogens is 3. The number of hydrogen-bond donors (Lipinski definition) is 1. The van der Waals surface area contributed by atoms with Crippen LogP contribution in [0.5, 0.6) is 5.75 Å². The number of ether oxygens (including phenoxy) is 1. The molecule has 5 aromatic rings. The van der Waals surface area contributed by atoms with E-state index in [0.29, 0.717) is 0 Å². The summed E-state index contributed by atoms with van der Waals surface area (Å²) in [6.07, 6.45) is 3.28. The molecule has 3 aromatic heterocycles. The van der Waals surface area contributed by atoms with Crippen molar-refractivity contribution < 1.29 is 35.3 Å². The largest absolute Gasteiger partial charge is 0.741 e. The van der Waals surface area contributed by atoms with Gasteiger partial charge in [0.2, 0.25) is 5.65 Å². The van der Waals surface area contributed by atoms with E-state index in [9.17, 15) is 13.2 Å². The number of fused-ring (bicyclic) bond motifs is 5. The van der Waals surface area contributed by atoms with Gasteiger partial charge in [0.25, 0.3) is 5.82 Å². The summed E-state index contributed by atoms with van der Waals surface area (Å²) in [4.78, 5) is 0. The number of benzene rings is 2. The molecule has 0 saturated carbocycles. The zero-order chi connectivity index (χ0) is 32.0. The van der Waals surface area contributed by atoms with E-state index in [1.54, 1.807) is 7.11 Å². The van der Waals surface area contributed by atoms with Crippen molar-refractivity contribution in [3.63, 3.8) is 0 Å². The van der Waals surface area contributed by atoms with E-state index in [4.69, 9.17) is 17.7 Å². The van der Waals surface area contributed by atoms with Crippen LogP contribution >= 0.6 is 0 Å². The minimum Gasteiger partial charge on any atom is -0.741 e. The second-order valence-corrected chi connectivity index (χ2v) is 13.8. The first-order valence-electron chi connectivity index (χ1n) is 13.6. The highest BCUT2D eigenvalue weighted by Crippen LogP contribution is 2.36. The van der Waals surface area contributed by atoms with Gasteiger partial charge in [-0.25, -0.2) is 17.2 Å². The van der Waals surface area contributed by atoms with Crippen molar-refractivity contribution in [1.29, 1.82) is 0 Å². The highest BCUT2D eigenvalue weighted by atomic mass is 32.2. The summed E-state index contributed by atoms with van der Waals surface area (Å²) in [5, 5.41) is 6.44. The van der Waals surface area contributed by atoms with Crippen LogP contribution in [0.3, 0.4) is 0 Å². The van der Waals surface area contributed by atoms with Crippen LogP contribution in [0.2, 0.25) is 0 Å². The average molecular weight is 616 g/mol. The average Bonchev–Trinajstić information content (AvgIpc) is 3.19. The molecule has 0 radical (unpaired) electrons. The Labute approximate surface area is 249 Å². The van der Waals surface area contributed by atoms with E-state index in [2.05, 4.69) is 116 Å². The van der Waals surface area contributed by atoms with Gasteiger partial charge in [-0.15, -0.1) is 0 Å². The Hall–Kier alpha value is -3.83. The molecule has 0 spiro atoms. The summed E-state index contributed by atoms with van der Waals surface area (Å²) < 4.78 is 69.1. The molecular weight excluding hydrogens is 579 g/mol. The van der Waals surface area contributed by atoms with Gasteiger partial charge in [-0.05, 0) is 80.0 Å². The lowest BCUT2D eigenvalue weighted by Crippen LogP contribution is -2.39. The van der Waals surface area contributed by atoms with Crippen molar-refractivity contribution in [1.82, 2.24) is 4.40 Å². The zero-order valence-corrected chi connectivity index (χ0v) is 26.0. The maximum atomic E-state index is 10.7. The van der Waals surface area contributed by atoms with Gasteiger partial charge in [0, 0.05) is 17.0 Å². The Morgan fingerprint density at radius 3 is 2.12 bits per heavy atom. The highest BCUT2D eigenvalue weighted by molar-refractivity contribution is 7.86. The van der Waals surface area contributed by atoms with Gasteiger partial charge in [0.1, 0.15) is 11.4 Å². The number of nitrogens with zero attached hydrogens (tertiary/aromatic N) is 2. The molecule has 11 heteroatoms. The van der Waals surface area contributed by atoms with Crippen LogP contribution in [0.1, 0.15) is 46.6 Å². The predicted molar refractivity (Wildman–Crippen MR) is 162 cm³/mol. The normalized spacial score (nSPS) is 12.8. The van der Waals surface area contributed by atoms with Crippen molar-refractivity contribution in [2.24, 2.45) is 5.41 Å². The highest BCUT2D eigenvalue weighted by Gasteiger charge is 2.37. The molecule has 1 N–H and O–H groups in total. The van der Waals surface area contributed by atoms with E-state index in [0.717, 1.165) is 34.9 Å². The van der Waals surface area contributed by atoms with Crippen molar-refractivity contribution >= 4 is 37.9 Å². The molecule has 43 heavy (non-hydrogen) atoms. The van der Waals surface area contributed by atoms with Crippen LogP contribution in [0.15, 0.2) is 72.9 Å². The fourth-order valence-electron chi connectivity index (χ4n) is 5.62. The van der Waals surface area contributed by atoms with Gasteiger partial charge in [-0.1, -0.05) is 45.0 Å². The predicted octanol–water partition coefficient (Wildman–Crippen LogP) is 7.49. The Kier molecular flexibility index (Phi) is 8.47. The molecule has 0 atom stereocenters. The maximum Gasteiger partial charge on any atom is 0.485 e. The fraction of sp³-hybridized carbons (Fsp3) is 0.344. The molecule has 2 aromatic carbocycles. The first kappa shape index (κ1) is 32.1. The monoisotopic (exact) mass is 615 g/mol. The molecule has 7 nitrogen and oxygen atoms in total. The number of rotatable bonds is 5. The summed E-state index contributed by atoms with van der Waals surface area (Å²) in [7, 11) is -4.38. The lowest BCUT2D eigenvalue weighted by atomic mass is 9.82. The molecule has 3 heterocycles. The Morgan fingerprint density at radius 2 is 1.56 bits per heavy atom. The first-order chi connectivity index (χ1) is 19.8. The minimum absolute atomic E-state index is 0.0962. The summed E-state index contributed by atoms with van der Waals surface area (Å²) in [5.74, 6) is 1.99. The molecule has 0 aliphatic heterocycles. The fourth-order valence-corrected chi connectivity index (χ4v) is 5.62. The molecule has 0 aliphatic carbocycles. The third-order valence-corrected chi connectivity index (χ3v) is 7.41. The van der Waals surface area contributed by atoms with E-state index >= 15 is 0 Å². The topological polar surface area (TPSA) is 87.0 Å². The number of aromatic nitrogens is 2. The lowest BCUT2D eigenvalue weighted by molar-refractivity contribution is -0.495. The molecule has 0 saturated heterocycles. The van der Waals surface area contributed by atoms with Crippen LogP contribution in [0.25, 0.3) is 33.2 Å². The molecule has 0 bridgehead atoms. The van der Waals surface area contributed by atoms with Gasteiger partial charge >= 0.3 is 5.51 Å². The first-order valence-corrected chi connectivity index (χ1v) is 15.1. The molecular formula is C32H36F3N3O4S. The van der Waals surface area contributed by atoms with Crippen LogP contribution in [0, 0.1) is 12.3 Å². The number of hydrogen-bond acceptors (Lipinski definition) is 5. The van der Waals surface area contributed by atoms with Crippen molar-refractivity contribution in [3.05, 3.63) is 78.5 Å². The molecule has 0 aliphatic rings. The molecule has 5 rings (SSSR count). The minimum atomic E-state index is -6.09. The standard InChI is InChI=1S/C31H36N3O.CHF3O3S/c1-21-12-17-27-33(19-21)29(32-31(5,6)20-30(2,3)4)28-25-11-9-8-10-23(25)18-26(34(27)28)22-13-15-24(35-7)16-14-22;2-1(3,4)8(5,6)7/h8-19,32H,20H2,1-7H3;(H,5,6,7)/q+1;/p-1. The smallest absolute Gasteiger partial charge is 0.485 e. The number of nitrogens with one attached hydrogen (secondary N) is 1. The van der Waals surface area contributed by atoms with Gasteiger partial charge in [-0.2, -0.15) is 13.2 Å². The third kappa shape index (κ3) is 7.05. The quantitative estimate of drug-likeness (QED) is 0.126. The van der Waals surface area contributed by atoms with Crippen LogP contribution < -0.4 is 14.5 Å². The number of pyridine rings is 2. The molecule has 0 unspecified atom stereocenters. The number of methoxy groups -OCH3 is 1. The second kappa shape index (κ2) is 11.3. The molecule has 230 valence electrons. The van der Waals surface area contributed by atoms with Crippen molar-refractivity contribution in [2.75, 3.05) is 12.4 Å². The number of aryl methyl sites for hydroxylation is 1. The molecule has 0 amide bonds. The summed E-state index contributed by atoms with van der Waals surface area (Å²) in [6.45, 7) is 13.7. The van der Waals surface area contributed by atoms with Gasteiger partial charge < -0.3 is 9.29 Å². The Morgan fingerprint density at radius 1 is 0.953 bits per heavy atom. The van der Waals surface area contributed by atoms with Gasteiger partial charge in [0.15, 0.2) is 15.6 Å². The van der Waals surface area contributed by atoms with Crippen LogP contribution in [0.4, 0.5) is 19.0 Å². The summed E-state index contributed by atoms with van der Waals surface area (Å²) in [5.41, 5.74) is 0.333. The number of anilines is 1. The number of imidazole rings is 1. The van der Waals surface area contributed by atoms with Gasteiger partial charge in [-0.3, -0.25) is 5.32 Å². The Bertz CT molecular complexity index is 1890. The third-order valence-electron chi connectivity index (χ3n) is 6.84. The van der Waals surface area contributed by atoms with E-state index in [-0.39, 0.29) is 11.0 Å². The summed E-state index contributed by atoms with van der Waals surface area (Å²) in [6, 6.07) is 23.8. The van der Waals surface area contributed by atoms with E-state index in [1.165, 1.54) is 21.9 Å². The number of alkyl halides is 3. The van der Waals surface area contributed by atoms with Crippen molar-refractivity contribution in [3.8, 4) is 17.0 Å². The van der Waals surface area contributed by atoms with Crippen LogP contribution in [-0.2, 0) is 10.1 Å². The lowest BCUT2D eigenvalue weighted by Gasteiger charge is -2.31. The van der Waals surface area contributed by atoms with Crippen LogP contribution in [-0.4, -0.2) is 35.5 Å². The van der Waals surface area contributed by atoms with Crippen molar-refractivity contribution in [2.45, 2.75) is 59.0 Å². The zero-order valence-electron chi connectivity index (χ0n) is 25.2.